The van der Waals surface area contributed by atoms with E-state index in [4.69, 9.17) is 5.73 Å². The summed E-state index contributed by atoms with van der Waals surface area (Å²) in [5.74, 6) is 0.0710. The van der Waals surface area contributed by atoms with Crippen LogP contribution in [0.25, 0.3) is 0 Å². The molecule has 20 heavy (non-hydrogen) atoms. The van der Waals surface area contributed by atoms with Gasteiger partial charge in [0.05, 0.1) is 5.75 Å². The first-order chi connectivity index (χ1) is 9.51. The van der Waals surface area contributed by atoms with Crippen LogP contribution in [-0.4, -0.2) is 50.8 Å². The molecule has 1 aliphatic rings. The molecule has 0 saturated carbocycles. The van der Waals surface area contributed by atoms with Gasteiger partial charge in [-0.25, -0.2) is 12.7 Å². The van der Waals surface area contributed by atoms with E-state index in [9.17, 15) is 8.42 Å². The summed E-state index contributed by atoms with van der Waals surface area (Å²) in [5, 5.41) is 0. The van der Waals surface area contributed by atoms with Gasteiger partial charge in [0.15, 0.2) is 0 Å². The Hall–Kier alpha value is -0.950. The third kappa shape index (κ3) is 4.02. The zero-order valence-corrected chi connectivity index (χ0v) is 12.8. The summed E-state index contributed by atoms with van der Waals surface area (Å²) in [6, 6.07) is 7.48. The molecule has 5 nitrogen and oxygen atoms in total. The molecule has 112 valence electrons. The van der Waals surface area contributed by atoms with Crippen molar-refractivity contribution in [1.82, 2.24) is 9.21 Å². The molecule has 2 rings (SSSR count). The van der Waals surface area contributed by atoms with E-state index < -0.39 is 10.0 Å². The van der Waals surface area contributed by atoms with E-state index in [0.717, 1.165) is 30.6 Å². The standard InChI is InChI=1S/C14H23N3O2S/c1-16-7-2-8-17(10-9-16)20(18,19)12-14-5-3-13(11-15)4-6-14/h3-6H,2,7-12,15H2,1H3. The highest BCUT2D eigenvalue weighted by molar-refractivity contribution is 7.88. The van der Waals surface area contributed by atoms with Crippen molar-refractivity contribution in [2.75, 3.05) is 33.2 Å². The Labute approximate surface area is 121 Å². The van der Waals surface area contributed by atoms with Crippen molar-refractivity contribution >= 4 is 10.0 Å². The van der Waals surface area contributed by atoms with Crippen LogP contribution in [0.5, 0.6) is 0 Å². The van der Waals surface area contributed by atoms with Gasteiger partial charge in [0.25, 0.3) is 0 Å². The van der Waals surface area contributed by atoms with E-state index in [1.165, 1.54) is 0 Å². The fourth-order valence-electron chi connectivity index (χ4n) is 2.37. The molecule has 1 fully saturated rings. The van der Waals surface area contributed by atoms with Crippen molar-refractivity contribution in [3.05, 3.63) is 35.4 Å². The quantitative estimate of drug-likeness (QED) is 0.884. The second-order valence-electron chi connectivity index (χ2n) is 5.33. The minimum atomic E-state index is -3.23. The molecule has 0 aromatic heterocycles. The SMILES string of the molecule is CN1CCCN(S(=O)(=O)Cc2ccc(CN)cc2)CC1. The van der Waals surface area contributed by atoms with Gasteiger partial charge in [-0.05, 0) is 31.1 Å². The number of hydrogen-bond acceptors (Lipinski definition) is 4. The Kier molecular flexibility index (Phi) is 5.15. The molecule has 1 heterocycles. The van der Waals surface area contributed by atoms with Crippen molar-refractivity contribution in [2.45, 2.75) is 18.7 Å². The van der Waals surface area contributed by atoms with Crippen LogP contribution >= 0.6 is 0 Å². The number of nitrogens with two attached hydrogens (primary N) is 1. The van der Waals surface area contributed by atoms with E-state index in [0.29, 0.717) is 19.6 Å². The first kappa shape index (κ1) is 15.4. The molecular formula is C14H23N3O2S. The Morgan fingerprint density at radius 1 is 1.05 bits per heavy atom. The fourth-order valence-corrected chi connectivity index (χ4v) is 3.94. The van der Waals surface area contributed by atoms with E-state index in [1.54, 1.807) is 4.31 Å². The first-order valence-electron chi connectivity index (χ1n) is 6.95. The van der Waals surface area contributed by atoms with Gasteiger partial charge in [0, 0.05) is 26.2 Å². The molecular weight excluding hydrogens is 274 g/mol. The molecule has 0 aliphatic carbocycles. The summed E-state index contributed by atoms with van der Waals surface area (Å²) >= 11 is 0. The van der Waals surface area contributed by atoms with Crippen LogP contribution < -0.4 is 5.73 Å². The smallest absolute Gasteiger partial charge is 0.218 e. The van der Waals surface area contributed by atoms with Crippen LogP contribution in [-0.2, 0) is 22.3 Å². The van der Waals surface area contributed by atoms with E-state index in [-0.39, 0.29) is 5.75 Å². The predicted octanol–water partition coefficient (Wildman–Crippen LogP) is 0.613. The summed E-state index contributed by atoms with van der Waals surface area (Å²) < 4.78 is 26.5. The number of hydrogen-bond donors (Lipinski definition) is 1. The lowest BCUT2D eigenvalue weighted by Crippen LogP contribution is -2.35. The molecule has 1 aromatic carbocycles. The number of nitrogens with zero attached hydrogens (tertiary/aromatic N) is 2. The van der Waals surface area contributed by atoms with Gasteiger partial charge in [0.1, 0.15) is 0 Å². The number of benzene rings is 1. The number of sulfonamides is 1. The molecule has 0 radical (unpaired) electrons. The van der Waals surface area contributed by atoms with Crippen LogP contribution in [0.15, 0.2) is 24.3 Å². The van der Waals surface area contributed by atoms with Crippen molar-refractivity contribution < 1.29 is 8.42 Å². The minimum absolute atomic E-state index is 0.0710. The predicted molar refractivity (Wildman–Crippen MR) is 80.6 cm³/mol. The molecule has 0 unspecified atom stereocenters. The summed E-state index contributed by atoms with van der Waals surface area (Å²) in [4.78, 5) is 2.17. The third-order valence-corrected chi connectivity index (χ3v) is 5.53. The minimum Gasteiger partial charge on any atom is -0.326 e. The second-order valence-corrected chi connectivity index (χ2v) is 7.30. The number of rotatable bonds is 4. The van der Waals surface area contributed by atoms with E-state index in [2.05, 4.69) is 4.90 Å². The maximum atomic E-state index is 12.5. The van der Waals surface area contributed by atoms with Gasteiger partial charge in [0.2, 0.25) is 10.0 Å². The maximum Gasteiger partial charge on any atom is 0.218 e. The van der Waals surface area contributed by atoms with Crippen LogP contribution in [0.3, 0.4) is 0 Å². The zero-order valence-electron chi connectivity index (χ0n) is 12.0. The van der Waals surface area contributed by atoms with Gasteiger partial charge in [-0.3, -0.25) is 0 Å². The van der Waals surface area contributed by atoms with Gasteiger partial charge in [-0.1, -0.05) is 24.3 Å². The van der Waals surface area contributed by atoms with Crippen LogP contribution in [0.1, 0.15) is 17.5 Å². The lowest BCUT2D eigenvalue weighted by Gasteiger charge is -2.20. The summed E-state index contributed by atoms with van der Waals surface area (Å²) in [6.07, 6.45) is 0.891. The van der Waals surface area contributed by atoms with Gasteiger partial charge >= 0.3 is 0 Å². The van der Waals surface area contributed by atoms with E-state index >= 15 is 0 Å². The fraction of sp³-hybridized carbons (Fsp3) is 0.571. The van der Waals surface area contributed by atoms with Crippen molar-refractivity contribution in [3.8, 4) is 0 Å². The molecule has 0 atom stereocenters. The monoisotopic (exact) mass is 297 g/mol. The lowest BCUT2D eigenvalue weighted by atomic mass is 10.1. The Bertz CT molecular complexity index is 528. The molecule has 1 aromatic rings. The first-order valence-corrected chi connectivity index (χ1v) is 8.56. The van der Waals surface area contributed by atoms with Crippen LogP contribution in [0.4, 0.5) is 0 Å². The Morgan fingerprint density at radius 3 is 2.35 bits per heavy atom. The lowest BCUT2D eigenvalue weighted by molar-refractivity contribution is 0.347. The van der Waals surface area contributed by atoms with Crippen molar-refractivity contribution in [1.29, 1.82) is 0 Å². The molecule has 0 spiro atoms. The summed E-state index contributed by atoms with van der Waals surface area (Å²) in [6.45, 7) is 3.43. The highest BCUT2D eigenvalue weighted by atomic mass is 32.2. The van der Waals surface area contributed by atoms with Gasteiger partial charge in [-0.15, -0.1) is 0 Å². The molecule has 0 bridgehead atoms. The van der Waals surface area contributed by atoms with Crippen LogP contribution in [0, 0.1) is 0 Å². The molecule has 1 saturated heterocycles. The topological polar surface area (TPSA) is 66.6 Å². The maximum absolute atomic E-state index is 12.5. The number of likely N-dealkylation sites (N-methyl/N-ethyl adjacent to an activating group) is 1. The third-order valence-electron chi connectivity index (χ3n) is 3.68. The molecule has 1 aliphatic heterocycles. The van der Waals surface area contributed by atoms with Gasteiger partial charge < -0.3 is 10.6 Å². The average Bonchev–Trinajstić information content (AvgIpc) is 2.64. The molecule has 0 amide bonds. The molecule has 6 heteroatoms. The highest BCUT2D eigenvalue weighted by Gasteiger charge is 2.24. The van der Waals surface area contributed by atoms with Crippen molar-refractivity contribution in [2.24, 2.45) is 5.73 Å². The Morgan fingerprint density at radius 2 is 1.70 bits per heavy atom. The Balaban J connectivity index is 2.05. The summed E-state index contributed by atoms with van der Waals surface area (Å²) in [7, 11) is -1.20. The second kappa shape index (κ2) is 6.67. The largest absolute Gasteiger partial charge is 0.326 e. The zero-order chi connectivity index (χ0) is 14.6. The van der Waals surface area contributed by atoms with Gasteiger partial charge in [-0.2, -0.15) is 0 Å². The van der Waals surface area contributed by atoms with Crippen LogP contribution in [0.2, 0.25) is 0 Å². The summed E-state index contributed by atoms with van der Waals surface area (Å²) in [5.41, 5.74) is 7.38. The van der Waals surface area contributed by atoms with E-state index in [1.807, 2.05) is 31.3 Å². The molecule has 2 N–H and O–H groups in total. The average molecular weight is 297 g/mol. The highest BCUT2D eigenvalue weighted by Crippen LogP contribution is 2.14. The van der Waals surface area contributed by atoms with Crippen molar-refractivity contribution in [3.63, 3.8) is 0 Å². The normalized spacial score (nSPS) is 18.9.